The van der Waals surface area contributed by atoms with Gasteiger partial charge in [0.05, 0.1) is 0 Å². The lowest BCUT2D eigenvalue weighted by Crippen LogP contribution is -2.28. The summed E-state index contributed by atoms with van der Waals surface area (Å²) in [4.78, 5) is 9.07. The van der Waals surface area contributed by atoms with Gasteiger partial charge >= 0.3 is 6.18 Å². The van der Waals surface area contributed by atoms with E-state index in [-0.39, 0.29) is 11.8 Å². The number of nitrogens with one attached hydrogen (secondary N) is 1. The normalized spacial score (nSPS) is 12.2. The van der Waals surface area contributed by atoms with Crippen LogP contribution in [0.4, 0.5) is 24.9 Å². The van der Waals surface area contributed by atoms with Crippen LogP contribution in [0.25, 0.3) is 0 Å². The van der Waals surface area contributed by atoms with Gasteiger partial charge in [-0.2, -0.15) is 18.2 Å². The van der Waals surface area contributed by atoms with E-state index >= 15 is 0 Å². The van der Waals surface area contributed by atoms with E-state index < -0.39 is 11.9 Å². The quantitative estimate of drug-likeness (QED) is 0.787. The molecule has 20 heavy (non-hydrogen) atoms. The van der Waals surface area contributed by atoms with Crippen molar-refractivity contribution in [2.45, 2.75) is 32.5 Å². The highest BCUT2D eigenvalue weighted by atomic mass is 19.4. The molecule has 0 spiro atoms. The molecule has 0 aromatic carbocycles. The zero-order valence-corrected chi connectivity index (χ0v) is 11.8. The Kier molecular flexibility index (Phi) is 5.55. The molecule has 0 radical (unpaired) electrons. The Labute approximate surface area is 116 Å². The molecule has 8 heteroatoms. The van der Waals surface area contributed by atoms with Gasteiger partial charge in [0.1, 0.15) is 5.82 Å². The molecule has 0 amide bonds. The van der Waals surface area contributed by atoms with Gasteiger partial charge in [-0.1, -0.05) is 0 Å². The molecule has 5 nitrogen and oxygen atoms in total. The Morgan fingerprint density at radius 1 is 1.35 bits per heavy atom. The van der Waals surface area contributed by atoms with Crippen molar-refractivity contribution in [2.24, 2.45) is 0 Å². The van der Waals surface area contributed by atoms with Crippen LogP contribution in [0, 0.1) is 0 Å². The fourth-order valence-corrected chi connectivity index (χ4v) is 1.50. The van der Waals surface area contributed by atoms with Crippen molar-refractivity contribution in [3.63, 3.8) is 0 Å². The monoisotopic (exact) mass is 291 g/mol. The minimum Gasteiger partial charge on any atom is -0.370 e. The largest absolute Gasteiger partial charge is 0.433 e. The van der Waals surface area contributed by atoms with Gasteiger partial charge in [-0.3, -0.25) is 0 Å². The maximum atomic E-state index is 12.6. The molecular weight excluding hydrogens is 271 g/mol. The first-order valence-corrected chi connectivity index (χ1v) is 6.36. The van der Waals surface area contributed by atoms with Crippen molar-refractivity contribution in [2.75, 3.05) is 31.2 Å². The molecule has 0 fully saturated rings. The molecule has 0 saturated heterocycles. The third kappa shape index (κ3) is 5.20. The van der Waals surface area contributed by atoms with Crippen LogP contribution in [-0.4, -0.2) is 41.0 Å². The Morgan fingerprint density at radius 2 is 2.00 bits per heavy atom. The number of nitrogens with zero attached hydrogens (tertiary/aromatic N) is 3. The number of halogens is 3. The molecular formula is C12H20F3N5. The summed E-state index contributed by atoms with van der Waals surface area (Å²) in [7, 11) is 2.00. The van der Waals surface area contributed by atoms with Crippen molar-refractivity contribution in [3.05, 3.63) is 11.8 Å². The maximum absolute atomic E-state index is 12.6. The highest BCUT2D eigenvalue weighted by molar-refractivity contribution is 5.41. The SMILES string of the molecule is CC(C)N(C)CCCNc1cc(C(F)(F)F)nc(N)n1. The van der Waals surface area contributed by atoms with E-state index in [0.29, 0.717) is 12.6 Å². The van der Waals surface area contributed by atoms with E-state index in [0.717, 1.165) is 19.0 Å². The lowest BCUT2D eigenvalue weighted by Gasteiger charge is -2.20. The number of anilines is 2. The molecule has 1 heterocycles. The van der Waals surface area contributed by atoms with Crippen molar-refractivity contribution < 1.29 is 13.2 Å². The molecule has 0 aliphatic rings. The average molecular weight is 291 g/mol. The van der Waals surface area contributed by atoms with Gasteiger partial charge in [-0.05, 0) is 33.9 Å². The van der Waals surface area contributed by atoms with Crippen LogP contribution in [0.15, 0.2) is 6.07 Å². The van der Waals surface area contributed by atoms with Crippen LogP contribution in [0.2, 0.25) is 0 Å². The van der Waals surface area contributed by atoms with Gasteiger partial charge in [-0.25, -0.2) is 4.98 Å². The molecule has 0 unspecified atom stereocenters. The smallest absolute Gasteiger partial charge is 0.370 e. The summed E-state index contributed by atoms with van der Waals surface area (Å²) < 4.78 is 37.7. The number of hydrogen-bond donors (Lipinski definition) is 2. The zero-order valence-electron chi connectivity index (χ0n) is 11.8. The fourth-order valence-electron chi connectivity index (χ4n) is 1.50. The summed E-state index contributed by atoms with van der Waals surface area (Å²) in [6.07, 6.45) is -3.73. The Hall–Kier alpha value is -1.57. The summed E-state index contributed by atoms with van der Waals surface area (Å²) >= 11 is 0. The first-order valence-electron chi connectivity index (χ1n) is 6.36. The minimum atomic E-state index is -4.52. The Bertz CT molecular complexity index is 434. The van der Waals surface area contributed by atoms with Crippen molar-refractivity contribution in [1.82, 2.24) is 14.9 Å². The van der Waals surface area contributed by atoms with E-state index in [9.17, 15) is 13.2 Å². The zero-order chi connectivity index (χ0) is 15.3. The predicted molar refractivity (Wildman–Crippen MR) is 72.3 cm³/mol. The standard InChI is InChI=1S/C12H20F3N5/c1-8(2)20(3)6-4-5-17-10-7-9(12(13,14)15)18-11(16)19-10/h7-8H,4-6H2,1-3H3,(H3,16,17,18,19). The second-order valence-electron chi connectivity index (χ2n) is 4.85. The van der Waals surface area contributed by atoms with Crippen molar-refractivity contribution >= 4 is 11.8 Å². The minimum absolute atomic E-state index is 0.0945. The van der Waals surface area contributed by atoms with Crippen LogP contribution in [0.1, 0.15) is 26.0 Å². The summed E-state index contributed by atoms with van der Waals surface area (Å²) in [5.74, 6) is -0.293. The first kappa shape index (κ1) is 16.5. The highest BCUT2D eigenvalue weighted by Crippen LogP contribution is 2.29. The van der Waals surface area contributed by atoms with Gasteiger partial charge in [-0.15, -0.1) is 0 Å². The molecule has 0 aliphatic heterocycles. The van der Waals surface area contributed by atoms with Crippen molar-refractivity contribution in [1.29, 1.82) is 0 Å². The van der Waals surface area contributed by atoms with Crippen LogP contribution < -0.4 is 11.1 Å². The topological polar surface area (TPSA) is 67.1 Å². The molecule has 0 atom stereocenters. The number of rotatable bonds is 6. The summed E-state index contributed by atoms with van der Waals surface area (Å²) in [6.45, 7) is 5.52. The summed E-state index contributed by atoms with van der Waals surface area (Å²) in [5, 5.41) is 2.83. The van der Waals surface area contributed by atoms with Gasteiger partial charge in [0.2, 0.25) is 5.95 Å². The van der Waals surface area contributed by atoms with E-state index in [2.05, 4.69) is 34.0 Å². The molecule has 3 N–H and O–H groups in total. The molecule has 0 bridgehead atoms. The van der Waals surface area contributed by atoms with Crippen LogP contribution in [0.5, 0.6) is 0 Å². The third-order valence-electron chi connectivity index (χ3n) is 2.91. The number of aromatic nitrogens is 2. The van der Waals surface area contributed by atoms with Gasteiger partial charge in [0, 0.05) is 18.7 Å². The van der Waals surface area contributed by atoms with Gasteiger partial charge < -0.3 is 16.0 Å². The lowest BCUT2D eigenvalue weighted by molar-refractivity contribution is -0.141. The second-order valence-corrected chi connectivity index (χ2v) is 4.85. The number of alkyl halides is 3. The Balaban J connectivity index is 2.54. The summed E-state index contributed by atoms with van der Waals surface area (Å²) in [5.41, 5.74) is 4.24. The number of nitrogens with two attached hydrogens (primary N) is 1. The van der Waals surface area contributed by atoms with Gasteiger partial charge in [0.25, 0.3) is 0 Å². The van der Waals surface area contributed by atoms with E-state index in [1.165, 1.54) is 0 Å². The predicted octanol–water partition coefficient (Wildman–Crippen LogP) is 2.22. The van der Waals surface area contributed by atoms with E-state index in [1.807, 2.05) is 7.05 Å². The molecule has 1 rings (SSSR count). The first-order chi connectivity index (χ1) is 9.20. The van der Waals surface area contributed by atoms with Crippen LogP contribution in [-0.2, 0) is 6.18 Å². The molecule has 0 aliphatic carbocycles. The molecule has 1 aromatic rings. The van der Waals surface area contributed by atoms with Crippen molar-refractivity contribution in [3.8, 4) is 0 Å². The summed E-state index contributed by atoms with van der Waals surface area (Å²) in [6, 6.07) is 1.30. The van der Waals surface area contributed by atoms with Crippen LogP contribution >= 0.6 is 0 Å². The molecule has 1 aromatic heterocycles. The van der Waals surface area contributed by atoms with Crippen LogP contribution in [0.3, 0.4) is 0 Å². The maximum Gasteiger partial charge on any atom is 0.433 e. The van der Waals surface area contributed by atoms with E-state index in [1.54, 1.807) is 0 Å². The average Bonchev–Trinajstić information content (AvgIpc) is 2.32. The molecule has 114 valence electrons. The second kappa shape index (κ2) is 6.74. The van der Waals surface area contributed by atoms with E-state index in [4.69, 9.17) is 5.73 Å². The highest BCUT2D eigenvalue weighted by Gasteiger charge is 2.33. The lowest BCUT2D eigenvalue weighted by atomic mass is 10.3. The van der Waals surface area contributed by atoms with Gasteiger partial charge in [0.15, 0.2) is 5.69 Å². The molecule has 0 saturated carbocycles. The Morgan fingerprint density at radius 3 is 2.55 bits per heavy atom. The third-order valence-corrected chi connectivity index (χ3v) is 2.91. The number of nitrogen functional groups attached to an aromatic ring is 1. The fraction of sp³-hybridized carbons (Fsp3) is 0.667. The number of hydrogen-bond acceptors (Lipinski definition) is 5.